The van der Waals surface area contributed by atoms with Gasteiger partial charge in [-0.1, -0.05) is 6.07 Å². The van der Waals surface area contributed by atoms with Gasteiger partial charge in [0.1, 0.15) is 5.82 Å². The monoisotopic (exact) mass is 227 g/mol. The van der Waals surface area contributed by atoms with Crippen molar-refractivity contribution in [1.29, 1.82) is 0 Å². The Kier molecular flexibility index (Phi) is 4.71. The van der Waals surface area contributed by atoms with Crippen molar-refractivity contribution >= 4 is 5.69 Å². The summed E-state index contributed by atoms with van der Waals surface area (Å²) in [5.74, 6) is -0.413. The van der Waals surface area contributed by atoms with Crippen molar-refractivity contribution in [2.75, 3.05) is 24.6 Å². The molecule has 1 rings (SSSR count). The molecule has 0 aliphatic rings. The lowest BCUT2D eigenvalue weighted by Gasteiger charge is -2.26. The minimum atomic E-state index is -0.857. The van der Waals surface area contributed by atoms with Gasteiger partial charge in [0.05, 0.1) is 12.7 Å². The van der Waals surface area contributed by atoms with Crippen molar-refractivity contribution in [3.05, 3.63) is 29.6 Å². The second kappa shape index (κ2) is 5.82. The minimum Gasteiger partial charge on any atom is -0.395 e. The molecule has 2 N–H and O–H groups in total. The Hall–Kier alpha value is -1.13. The maximum absolute atomic E-state index is 13.6. The summed E-state index contributed by atoms with van der Waals surface area (Å²) in [5, 5.41) is 18.5. The first-order chi connectivity index (χ1) is 7.61. The molecule has 1 atom stereocenters. The van der Waals surface area contributed by atoms with Crippen LogP contribution < -0.4 is 4.90 Å². The number of hydrogen-bond donors (Lipinski definition) is 2. The highest BCUT2D eigenvalue weighted by atomic mass is 19.1. The molecule has 16 heavy (non-hydrogen) atoms. The zero-order chi connectivity index (χ0) is 12.1. The summed E-state index contributed by atoms with van der Waals surface area (Å²) >= 11 is 0. The van der Waals surface area contributed by atoms with Crippen LogP contribution in [0.15, 0.2) is 18.2 Å². The van der Waals surface area contributed by atoms with Gasteiger partial charge in [0.25, 0.3) is 0 Å². The van der Waals surface area contributed by atoms with Gasteiger partial charge < -0.3 is 15.1 Å². The first-order valence-corrected chi connectivity index (χ1v) is 5.44. The summed E-state index contributed by atoms with van der Waals surface area (Å²) in [5.41, 5.74) is 0.935. The molecule has 0 aromatic heterocycles. The number of nitrogens with zero attached hydrogens (tertiary/aromatic N) is 1. The van der Waals surface area contributed by atoms with Gasteiger partial charge in [0, 0.05) is 24.3 Å². The van der Waals surface area contributed by atoms with Gasteiger partial charge in [-0.05, 0) is 26.0 Å². The van der Waals surface area contributed by atoms with Crippen LogP contribution in [0.1, 0.15) is 25.5 Å². The molecule has 1 unspecified atom stereocenters. The zero-order valence-corrected chi connectivity index (χ0v) is 9.65. The summed E-state index contributed by atoms with van der Waals surface area (Å²) in [6.07, 6.45) is -0.857. The topological polar surface area (TPSA) is 43.7 Å². The Bertz CT molecular complexity index is 342. The first kappa shape index (κ1) is 12.9. The molecule has 0 radical (unpaired) electrons. The Labute approximate surface area is 95.1 Å². The SMILES string of the molecule is CCN(CCO)c1cccc(F)c1C(C)O. The third kappa shape index (κ3) is 2.71. The third-order valence-electron chi connectivity index (χ3n) is 2.54. The van der Waals surface area contributed by atoms with E-state index in [4.69, 9.17) is 5.11 Å². The van der Waals surface area contributed by atoms with E-state index in [0.717, 1.165) is 0 Å². The van der Waals surface area contributed by atoms with Crippen LogP contribution in [0.25, 0.3) is 0 Å². The highest BCUT2D eigenvalue weighted by Gasteiger charge is 2.16. The van der Waals surface area contributed by atoms with Crippen LogP contribution in [0, 0.1) is 5.82 Å². The highest BCUT2D eigenvalue weighted by molar-refractivity contribution is 5.55. The summed E-state index contributed by atoms with van der Waals surface area (Å²) in [6.45, 7) is 4.55. The molecule has 0 saturated heterocycles. The van der Waals surface area contributed by atoms with Crippen molar-refractivity contribution < 1.29 is 14.6 Å². The fourth-order valence-corrected chi connectivity index (χ4v) is 1.78. The molecule has 0 fully saturated rings. The molecule has 0 bridgehead atoms. The van der Waals surface area contributed by atoms with Gasteiger partial charge in [0.15, 0.2) is 0 Å². The largest absolute Gasteiger partial charge is 0.395 e. The van der Waals surface area contributed by atoms with Crippen LogP contribution in [-0.2, 0) is 0 Å². The molecule has 1 aromatic rings. The minimum absolute atomic E-state index is 0.00357. The van der Waals surface area contributed by atoms with Gasteiger partial charge in [-0.25, -0.2) is 4.39 Å². The molecule has 0 heterocycles. The standard InChI is InChI=1S/C12H18FNO2/c1-3-14(7-8-15)11-6-4-5-10(13)12(11)9(2)16/h4-6,9,15-16H,3,7-8H2,1-2H3. The lowest BCUT2D eigenvalue weighted by atomic mass is 10.1. The number of likely N-dealkylation sites (N-methyl/N-ethyl adjacent to an activating group) is 1. The van der Waals surface area contributed by atoms with Crippen LogP contribution in [0.2, 0.25) is 0 Å². The van der Waals surface area contributed by atoms with E-state index in [1.807, 2.05) is 11.8 Å². The van der Waals surface area contributed by atoms with Crippen molar-refractivity contribution in [3.63, 3.8) is 0 Å². The molecule has 4 heteroatoms. The third-order valence-corrected chi connectivity index (χ3v) is 2.54. The number of benzene rings is 1. The molecular weight excluding hydrogens is 209 g/mol. The normalized spacial score (nSPS) is 12.6. The average Bonchev–Trinajstić information content (AvgIpc) is 2.25. The van der Waals surface area contributed by atoms with Gasteiger partial charge in [-0.2, -0.15) is 0 Å². The Balaban J connectivity index is 3.15. The number of hydrogen-bond acceptors (Lipinski definition) is 3. The van der Waals surface area contributed by atoms with E-state index in [9.17, 15) is 9.50 Å². The summed E-state index contributed by atoms with van der Waals surface area (Å²) in [6, 6.07) is 4.69. The van der Waals surface area contributed by atoms with E-state index in [1.165, 1.54) is 13.0 Å². The van der Waals surface area contributed by atoms with Crippen LogP contribution in [0.4, 0.5) is 10.1 Å². The number of aliphatic hydroxyl groups excluding tert-OH is 2. The first-order valence-electron chi connectivity index (χ1n) is 5.44. The van der Waals surface area contributed by atoms with Gasteiger partial charge in [-0.3, -0.25) is 0 Å². The van der Waals surface area contributed by atoms with Crippen LogP contribution >= 0.6 is 0 Å². The van der Waals surface area contributed by atoms with Crippen molar-refractivity contribution in [3.8, 4) is 0 Å². The molecule has 90 valence electrons. The Morgan fingerprint density at radius 3 is 2.62 bits per heavy atom. The quantitative estimate of drug-likeness (QED) is 0.804. The molecular formula is C12H18FNO2. The maximum Gasteiger partial charge on any atom is 0.131 e. The van der Waals surface area contributed by atoms with Crippen molar-refractivity contribution in [2.45, 2.75) is 20.0 Å². The molecule has 1 aromatic carbocycles. The second-order valence-corrected chi connectivity index (χ2v) is 3.65. The maximum atomic E-state index is 13.6. The van der Waals surface area contributed by atoms with E-state index in [0.29, 0.717) is 18.8 Å². The lowest BCUT2D eigenvalue weighted by Crippen LogP contribution is -2.27. The lowest BCUT2D eigenvalue weighted by molar-refractivity contribution is 0.194. The van der Waals surface area contributed by atoms with E-state index in [1.54, 1.807) is 12.1 Å². The second-order valence-electron chi connectivity index (χ2n) is 3.65. The van der Waals surface area contributed by atoms with E-state index in [2.05, 4.69) is 0 Å². The molecule has 0 aliphatic carbocycles. The molecule has 0 aliphatic heterocycles. The molecule has 3 nitrogen and oxygen atoms in total. The van der Waals surface area contributed by atoms with Gasteiger partial charge in [-0.15, -0.1) is 0 Å². The van der Waals surface area contributed by atoms with E-state index < -0.39 is 11.9 Å². The molecule has 0 spiro atoms. The number of halogens is 1. The molecule has 0 amide bonds. The predicted octanol–water partition coefficient (Wildman–Crippen LogP) is 1.70. The summed E-state index contributed by atoms with van der Waals surface area (Å²) < 4.78 is 13.6. The highest BCUT2D eigenvalue weighted by Crippen LogP contribution is 2.28. The number of rotatable bonds is 5. The predicted molar refractivity (Wildman–Crippen MR) is 62.0 cm³/mol. The van der Waals surface area contributed by atoms with Gasteiger partial charge in [0.2, 0.25) is 0 Å². The zero-order valence-electron chi connectivity index (χ0n) is 9.65. The fourth-order valence-electron chi connectivity index (χ4n) is 1.78. The van der Waals surface area contributed by atoms with Crippen LogP contribution in [0.3, 0.4) is 0 Å². The summed E-state index contributed by atoms with van der Waals surface area (Å²) in [7, 11) is 0. The summed E-state index contributed by atoms with van der Waals surface area (Å²) in [4.78, 5) is 1.84. The van der Waals surface area contributed by atoms with E-state index >= 15 is 0 Å². The Morgan fingerprint density at radius 2 is 2.12 bits per heavy atom. The van der Waals surface area contributed by atoms with Gasteiger partial charge >= 0.3 is 0 Å². The van der Waals surface area contributed by atoms with E-state index in [-0.39, 0.29) is 12.2 Å². The smallest absolute Gasteiger partial charge is 0.131 e. The fraction of sp³-hybridized carbons (Fsp3) is 0.500. The van der Waals surface area contributed by atoms with Crippen molar-refractivity contribution in [2.24, 2.45) is 0 Å². The van der Waals surface area contributed by atoms with Crippen LogP contribution in [-0.4, -0.2) is 29.9 Å². The van der Waals surface area contributed by atoms with Crippen LogP contribution in [0.5, 0.6) is 0 Å². The average molecular weight is 227 g/mol. The number of anilines is 1. The Morgan fingerprint density at radius 1 is 1.44 bits per heavy atom. The number of aliphatic hydroxyl groups is 2. The van der Waals surface area contributed by atoms with Crippen molar-refractivity contribution in [1.82, 2.24) is 0 Å². The molecule has 0 saturated carbocycles.